The summed E-state index contributed by atoms with van der Waals surface area (Å²) in [6, 6.07) is 15.4. The molecular formula is C26H30N2O6S. The first-order chi connectivity index (χ1) is 17.0. The van der Waals surface area contributed by atoms with Crippen LogP contribution in [0.2, 0.25) is 0 Å². The predicted molar refractivity (Wildman–Crippen MR) is 134 cm³/mol. The number of aliphatic carboxylic acids is 1. The second kappa shape index (κ2) is 11.6. The van der Waals surface area contributed by atoms with Crippen LogP contribution < -0.4 is 5.32 Å². The van der Waals surface area contributed by atoms with Gasteiger partial charge in [0.05, 0.1) is 19.1 Å². The van der Waals surface area contributed by atoms with Crippen LogP contribution in [0.4, 0.5) is 4.79 Å². The van der Waals surface area contributed by atoms with Gasteiger partial charge in [-0.05, 0) is 40.7 Å². The standard InChI is InChI=1S/C26H30N2O6S/c1-35-13-10-23(24(29)28-11-12-33-15-17(14-28)25(30)31)27-26(32)34-16-22-20-8-4-2-6-18(20)19-7-3-5-9-21(19)22/h2-9,17,22-23H,10-16H2,1H3,(H,27,32)(H,30,31)/t17?,23-/m1/s1. The van der Waals surface area contributed by atoms with Gasteiger partial charge in [-0.3, -0.25) is 9.59 Å². The summed E-state index contributed by atoms with van der Waals surface area (Å²) in [5, 5.41) is 12.1. The van der Waals surface area contributed by atoms with Crippen molar-refractivity contribution in [3.05, 3.63) is 59.7 Å². The summed E-state index contributed by atoms with van der Waals surface area (Å²) in [6.07, 6.45) is 1.68. The molecule has 9 heteroatoms. The van der Waals surface area contributed by atoms with Gasteiger partial charge in [0, 0.05) is 19.0 Å². The normalized spacial score (nSPS) is 18.2. The Bertz CT molecular complexity index is 1030. The van der Waals surface area contributed by atoms with Crippen molar-refractivity contribution in [1.82, 2.24) is 10.2 Å². The minimum Gasteiger partial charge on any atom is -0.481 e. The average Bonchev–Trinajstić information content (AvgIpc) is 3.00. The van der Waals surface area contributed by atoms with Crippen molar-refractivity contribution in [1.29, 1.82) is 0 Å². The molecule has 2 aliphatic rings. The zero-order valence-electron chi connectivity index (χ0n) is 19.6. The van der Waals surface area contributed by atoms with E-state index in [0.717, 1.165) is 22.3 Å². The quantitative estimate of drug-likeness (QED) is 0.576. The summed E-state index contributed by atoms with van der Waals surface area (Å²) in [6.45, 7) is 0.813. The fourth-order valence-corrected chi connectivity index (χ4v) is 5.13. The summed E-state index contributed by atoms with van der Waals surface area (Å²) >= 11 is 1.57. The SMILES string of the molecule is CSCC[C@@H](NC(=O)OCC1c2ccccc2-c2ccccc21)C(=O)N1CCOCC(C(=O)O)C1. The Balaban J connectivity index is 1.42. The number of hydrogen-bond acceptors (Lipinski definition) is 6. The maximum absolute atomic E-state index is 13.2. The number of benzene rings is 2. The van der Waals surface area contributed by atoms with Gasteiger partial charge in [-0.1, -0.05) is 48.5 Å². The summed E-state index contributed by atoms with van der Waals surface area (Å²) < 4.78 is 11.0. The van der Waals surface area contributed by atoms with Gasteiger partial charge in [-0.2, -0.15) is 11.8 Å². The van der Waals surface area contributed by atoms with E-state index in [2.05, 4.69) is 17.4 Å². The first-order valence-corrected chi connectivity index (χ1v) is 13.1. The van der Waals surface area contributed by atoms with Crippen LogP contribution in [0.1, 0.15) is 23.5 Å². The predicted octanol–water partition coefficient (Wildman–Crippen LogP) is 3.21. The third-order valence-corrected chi connectivity index (χ3v) is 7.11. The Hall–Kier alpha value is -3.04. The van der Waals surface area contributed by atoms with Gasteiger partial charge in [0.2, 0.25) is 5.91 Å². The van der Waals surface area contributed by atoms with Crippen LogP contribution in [0.3, 0.4) is 0 Å². The number of carboxylic acids is 1. The molecule has 0 radical (unpaired) electrons. The Morgan fingerprint density at radius 3 is 2.43 bits per heavy atom. The van der Waals surface area contributed by atoms with Gasteiger partial charge in [0.1, 0.15) is 12.6 Å². The Labute approximate surface area is 209 Å². The molecule has 0 bridgehead atoms. The molecule has 1 aliphatic carbocycles. The summed E-state index contributed by atoms with van der Waals surface area (Å²) in [4.78, 5) is 39.0. The van der Waals surface area contributed by atoms with Crippen molar-refractivity contribution in [2.24, 2.45) is 5.92 Å². The minimum absolute atomic E-state index is 0.0519. The van der Waals surface area contributed by atoms with Crippen LogP contribution in [0, 0.1) is 5.92 Å². The molecule has 186 valence electrons. The van der Waals surface area contributed by atoms with E-state index < -0.39 is 24.0 Å². The Morgan fingerprint density at radius 1 is 1.14 bits per heavy atom. The van der Waals surface area contributed by atoms with Gasteiger partial charge < -0.3 is 24.8 Å². The van der Waals surface area contributed by atoms with E-state index in [-0.39, 0.29) is 44.7 Å². The van der Waals surface area contributed by atoms with E-state index in [1.54, 1.807) is 11.8 Å². The second-order valence-electron chi connectivity index (χ2n) is 8.70. The number of carbonyl (C=O) groups is 3. The maximum atomic E-state index is 13.2. The lowest BCUT2D eigenvalue weighted by atomic mass is 9.98. The molecule has 2 aromatic rings. The Kier molecular flexibility index (Phi) is 8.30. The Morgan fingerprint density at radius 2 is 1.80 bits per heavy atom. The molecule has 4 rings (SSSR count). The first kappa shape index (κ1) is 25.1. The monoisotopic (exact) mass is 498 g/mol. The van der Waals surface area contributed by atoms with Gasteiger partial charge in [0.25, 0.3) is 0 Å². The molecule has 2 aromatic carbocycles. The largest absolute Gasteiger partial charge is 0.481 e. The van der Waals surface area contributed by atoms with Crippen molar-refractivity contribution < 1.29 is 29.0 Å². The molecule has 2 atom stereocenters. The number of nitrogens with one attached hydrogen (secondary N) is 1. The van der Waals surface area contributed by atoms with Gasteiger partial charge in [-0.15, -0.1) is 0 Å². The maximum Gasteiger partial charge on any atom is 0.407 e. The molecule has 8 nitrogen and oxygen atoms in total. The zero-order chi connectivity index (χ0) is 24.8. The fraction of sp³-hybridized carbons (Fsp3) is 0.423. The van der Waals surface area contributed by atoms with E-state index in [1.165, 1.54) is 4.90 Å². The lowest BCUT2D eigenvalue weighted by molar-refractivity contribution is -0.144. The average molecular weight is 499 g/mol. The molecular weight excluding hydrogens is 468 g/mol. The number of thioether (sulfide) groups is 1. The lowest BCUT2D eigenvalue weighted by Crippen LogP contribution is -2.51. The van der Waals surface area contributed by atoms with E-state index in [1.807, 2.05) is 42.7 Å². The molecule has 0 aromatic heterocycles. The zero-order valence-corrected chi connectivity index (χ0v) is 20.5. The summed E-state index contributed by atoms with van der Waals surface area (Å²) in [5.41, 5.74) is 4.50. The van der Waals surface area contributed by atoms with Crippen molar-refractivity contribution in [2.45, 2.75) is 18.4 Å². The van der Waals surface area contributed by atoms with Crippen LogP contribution >= 0.6 is 11.8 Å². The molecule has 1 saturated heterocycles. The van der Waals surface area contributed by atoms with E-state index in [9.17, 15) is 19.5 Å². The number of rotatable bonds is 8. The van der Waals surface area contributed by atoms with Gasteiger partial charge in [-0.25, -0.2) is 4.79 Å². The molecule has 1 heterocycles. The molecule has 1 fully saturated rings. The molecule has 1 aliphatic heterocycles. The van der Waals surface area contributed by atoms with Crippen LogP contribution in [-0.2, 0) is 19.1 Å². The smallest absolute Gasteiger partial charge is 0.407 e. The van der Waals surface area contributed by atoms with Crippen molar-refractivity contribution in [2.75, 3.05) is 44.9 Å². The first-order valence-electron chi connectivity index (χ1n) is 11.7. The van der Waals surface area contributed by atoms with Crippen LogP contribution in [0.5, 0.6) is 0 Å². The van der Waals surface area contributed by atoms with E-state index >= 15 is 0 Å². The number of carboxylic acid groups (broad SMARTS) is 1. The van der Waals surface area contributed by atoms with E-state index in [0.29, 0.717) is 12.2 Å². The van der Waals surface area contributed by atoms with Crippen LogP contribution in [0.25, 0.3) is 11.1 Å². The summed E-state index contributed by atoms with van der Waals surface area (Å²) in [5.74, 6) is -1.53. The highest BCUT2D eigenvalue weighted by Gasteiger charge is 2.33. The number of fused-ring (bicyclic) bond motifs is 3. The number of hydrogen-bond donors (Lipinski definition) is 2. The molecule has 35 heavy (non-hydrogen) atoms. The highest BCUT2D eigenvalue weighted by Crippen LogP contribution is 2.44. The third-order valence-electron chi connectivity index (χ3n) is 6.47. The number of ether oxygens (including phenoxy) is 2. The molecule has 1 unspecified atom stereocenters. The number of alkyl carbamates (subject to hydrolysis) is 1. The number of carbonyl (C=O) groups excluding carboxylic acids is 2. The third kappa shape index (κ3) is 5.79. The molecule has 0 saturated carbocycles. The molecule has 2 amide bonds. The number of nitrogens with zero attached hydrogens (tertiary/aromatic N) is 1. The highest BCUT2D eigenvalue weighted by molar-refractivity contribution is 7.98. The highest BCUT2D eigenvalue weighted by atomic mass is 32.2. The second-order valence-corrected chi connectivity index (χ2v) is 9.68. The van der Waals surface area contributed by atoms with Crippen molar-refractivity contribution in [3.63, 3.8) is 0 Å². The minimum atomic E-state index is -1.00. The van der Waals surface area contributed by atoms with Gasteiger partial charge >= 0.3 is 12.1 Å². The molecule has 0 spiro atoms. The van der Waals surface area contributed by atoms with Crippen LogP contribution in [-0.4, -0.2) is 78.9 Å². The van der Waals surface area contributed by atoms with Crippen molar-refractivity contribution in [3.8, 4) is 11.1 Å². The lowest BCUT2D eigenvalue weighted by Gasteiger charge is -2.27. The topological polar surface area (TPSA) is 105 Å². The fourth-order valence-electron chi connectivity index (χ4n) is 4.66. The van der Waals surface area contributed by atoms with E-state index in [4.69, 9.17) is 9.47 Å². The van der Waals surface area contributed by atoms with Gasteiger partial charge in [0.15, 0.2) is 0 Å². The van der Waals surface area contributed by atoms with Crippen molar-refractivity contribution >= 4 is 29.7 Å². The summed E-state index contributed by atoms with van der Waals surface area (Å²) in [7, 11) is 0. The number of amides is 2. The van der Waals surface area contributed by atoms with Crippen LogP contribution in [0.15, 0.2) is 48.5 Å². The molecule has 2 N–H and O–H groups in total.